The van der Waals surface area contributed by atoms with Crippen molar-refractivity contribution in [1.82, 2.24) is 20.3 Å². The van der Waals surface area contributed by atoms with Crippen molar-refractivity contribution < 1.29 is 0 Å². The third-order valence-corrected chi connectivity index (χ3v) is 6.27. The summed E-state index contributed by atoms with van der Waals surface area (Å²) in [6, 6.07) is 14.6. The van der Waals surface area contributed by atoms with Crippen molar-refractivity contribution in [2.75, 3.05) is 42.9 Å². The second kappa shape index (κ2) is 7.93. The fraction of sp³-hybridized carbons (Fsp3) is 0.318. The Morgan fingerprint density at radius 3 is 2.66 bits per heavy atom. The molecular formula is C22H24N6S. The average molecular weight is 405 g/mol. The molecule has 148 valence electrons. The second-order valence-corrected chi connectivity index (χ2v) is 8.23. The van der Waals surface area contributed by atoms with E-state index in [9.17, 15) is 0 Å². The number of pyridine rings is 1. The first-order valence-electron chi connectivity index (χ1n) is 10.2. The van der Waals surface area contributed by atoms with Crippen molar-refractivity contribution in [3.63, 3.8) is 0 Å². The zero-order valence-electron chi connectivity index (χ0n) is 16.5. The Morgan fingerprint density at radius 1 is 1.03 bits per heavy atom. The maximum Gasteiger partial charge on any atom is 0.225 e. The van der Waals surface area contributed by atoms with Gasteiger partial charge in [0.05, 0.1) is 15.9 Å². The smallest absolute Gasteiger partial charge is 0.225 e. The molecule has 1 fully saturated rings. The fourth-order valence-electron chi connectivity index (χ4n) is 3.69. The molecule has 0 radical (unpaired) electrons. The highest BCUT2D eigenvalue weighted by Gasteiger charge is 2.21. The Labute approximate surface area is 174 Å². The second-order valence-electron chi connectivity index (χ2n) is 7.23. The fourth-order valence-corrected chi connectivity index (χ4v) is 4.82. The summed E-state index contributed by atoms with van der Waals surface area (Å²) < 4.78 is 1.13. The molecule has 1 aliphatic heterocycles. The van der Waals surface area contributed by atoms with Crippen LogP contribution in [0, 0.1) is 0 Å². The molecule has 3 aromatic heterocycles. The van der Waals surface area contributed by atoms with Gasteiger partial charge in [0.15, 0.2) is 5.82 Å². The number of rotatable bonds is 5. The quantitative estimate of drug-likeness (QED) is 0.521. The number of benzene rings is 1. The molecule has 0 bridgehead atoms. The SMILES string of the molecule is CCCNc1nc(N2CCNCC2)c2sc3nc(-c4ccccc4)ccc3c2n1. The van der Waals surface area contributed by atoms with Crippen LogP contribution in [0.1, 0.15) is 13.3 Å². The van der Waals surface area contributed by atoms with E-state index >= 15 is 0 Å². The standard InChI is InChI=1S/C22H24N6S/c1-2-10-24-22-26-18-16-8-9-17(15-6-4-3-5-7-15)25-21(16)29-19(18)20(27-22)28-13-11-23-12-14-28/h3-9,23H,2,10-14H2,1H3,(H,24,26,27). The van der Waals surface area contributed by atoms with Crippen molar-refractivity contribution in [3.8, 4) is 11.3 Å². The molecule has 29 heavy (non-hydrogen) atoms. The molecule has 0 amide bonds. The van der Waals surface area contributed by atoms with Gasteiger partial charge in [-0.05, 0) is 18.6 Å². The van der Waals surface area contributed by atoms with Crippen LogP contribution in [0.5, 0.6) is 0 Å². The van der Waals surface area contributed by atoms with E-state index in [4.69, 9.17) is 15.0 Å². The first kappa shape index (κ1) is 18.3. The Morgan fingerprint density at radius 2 is 1.86 bits per heavy atom. The Kier molecular flexibility index (Phi) is 4.99. The lowest BCUT2D eigenvalue weighted by Gasteiger charge is -2.28. The minimum Gasteiger partial charge on any atom is -0.354 e. The van der Waals surface area contributed by atoms with Gasteiger partial charge in [0, 0.05) is 43.7 Å². The van der Waals surface area contributed by atoms with Crippen molar-refractivity contribution in [2.24, 2.45) is 0 Å². The number of fused-ring (bicyclic) bond motifs is 3. The predicted octanol–water partition coefficient (Wildman–Crippen LogP) is 4.14. The summed E-state index contributed by atoms with van der Waals surface area (Å²) in [6.45, 7) is 6.88. The molecule has 1 aliphatic rings. The zero-order chi connectivity index (χ0) is 19.6. The minimum atomic E-state index is 0.708. The summed E-state index contributed by atoms with van der Waals surface area (Å²) in [6.07, 6.45) is 1.04. The normalized spacial score (nSPS) is 14.6. The molecule has 0 unspecified atom stereocenters. The van der Waals surface area contributed by atoms with Gasteiger partial charge in [-0.15, -0.1) is 11.3 Å². The molecule has 4 heterocycles. The Hall–Kier alpha value is -2.77. The van der Waals surface area contributed by atoms with Gasteiger partial charge in [0.25, 0.3) is 0 Å². The number of nitrogens with one attached hydrogen (secondary N) is 2. The first-order chi connectivity index (χ1) is 14.3. The van der Waals surface area contributed by atoms with E-state index in [0.29, 0.717) is 5.95 Å². The van der Waals surface area contributed by atoms with Crippen LogP contribution >= 0.6 is 11.3 Å². The molecule has 1 saturated heterocycles. The van der Waals surface area contributed by atoms with Gasteiger partial charge < -0.3 is 15.5 Å². The molecule has 0 atom stereocenters. The lowest BCUT2D eigenvalue weighted by Crippen LogP contribution is -2.44. The average Bonchev–Trinajstić information content (AvgIpc) is 3.16. The van der Waals surface area contributed by atoms with Crippen LogP contribution < -0.4 is 15.5 Å². The van der Waals surface area contributed by atoms with Crippen LogP contribution in [0.3, 0.4) is 0 Å². The summed E-state index contributed by atoms with van der Waals surface area (Å²) >= 11 is 1.70. The van der Waals surface area contributed by atoms with Crippen LogP contribution in [-0.4, -0.2) is 47.7 Å². The maximum absolute atomic E-state index is 4.96. The van der Waals surface area contributed by atoms with Crippen LogP contribution in [-0.2, 0) is 0 Å². The van der Waals surface area contributed by atoms with Crippen LogP contribution in [0.25, 0.3) is 31.7 Å². The third-order valence-electron chi connectivity index (χ3n) is 5.18. The number of thiophene rings is 1. The van der Waals surface area contributed by atoms with Gasteiger partial charge >= 0.3 is 0 Å². The van der Waals surface area contributed by atoms with Crippen LogP contribution in [0.2, 0.25) is 0 Å². The van der Waals surface area contributed by atoms with E-state index in [0.717, 1.165) is 76.7 Å². The molecule has 5 rings (SSSR count). The lowest BCUT2D eigenvalue weighted by molar-refractivity contribution is 0.586. The topological polar surface area (TPSA) is 66.0 Å². The van der Waals surface area contributed by atoms with E-state index in [1.807, 2.05) is 18.2 Å². The molecule has 0 saturated carbocycles. The van der Waals surface area contributed by atoms with Crippen LogP contribution in [0.4, 0.5) is 11.8 Å². The molecule has 6 nitrogen and oxygen atoms in total. The lowest BCUT2D eigenvalue weighted by atomic mass is 10.1. The number of aromatic nitrogens is 3. The highest BCUT2D eigenvalue weighted by molar-refractivity contribution is 7.26. The van der Waals surface area contributed by atoms with Crippen molar-refractivity contribution in [3.05, 3.63) is 42.5 Å². The number of anilines is 2. The number of hydrogen-bond donors (Lipinski definition) is 2. The van der Waals surface area contributed by atoms with Gasteiger partial charge in [-0.25, -0.2) is 9.97 Å². The minimum absolute atomic E-state index is 0.708. The summed E-state index contributed by atoms with van der Waals surface area (Å²) in [7, 11) is 0. The molecule has 7 heteroatoms. The molecule has 4 aromatic rings. The summed E-state index contributed by atoms with van der Waals surface area (Å²) in [5.74, 6) is 1.74. The summed E-state index contributed by atoms with van der Waals surface area (Å²) in [5, 5.41) is 7.90. The number of nitrogens with zero attached hydrogens (tertiary/aromatic N) is 4. The zero-order valence-corrected chi connectivity index (χ0v) is 17.3. The third kappa shape index (κ3) is 3.52. The van der Waals surface area contributed by atoms with E-state index in [1.54, 1.807) is 11.3 Å². The van der Waals surface area contributed by atoms with E-state index in [1.165, 1.54) is 0 Å². The highest BCUT2D eigenvalue weighted by Crippen LogP contribution is 2.38. The number of piperazine rings is 1. The summed E-state index contributed by atoms with van der Waals surface area (Å²) in [5.41, 5.74) is 3.12. The van der Waals surface area contributed by atoms with E-state index in [2.05, 4.69) is 46.7 Å². The monoisotopic (exact) mass is 404 g/mol. The van der Waals surface area contributed by atoms with Gasteiger partial charge in [-0.1, -0.05) is 37.3 Å². The Balaban J connectivity index is 1.67. The first-order valence-corrected chi connectivity index (χ1v) is 11.0. The largest absolute Gasteiger partial charge is 0.354 e. The molecule has 0 aliphatic carbocycles. The van der Waals surface area contributed by atoms with Crippen LogP contribution in [0.15, 0.2) is 42.5 Å². The van der Waals surface area contributed by atoms with Crippen molar-refractivity contribution >= 4 is 43.5 Å². The summed E-state index contributed by atoms with van der Waals surface area (Å²) in [4.78, 5) is 18.1. The van der Waals surface area contributed by atoms with E-state index < -0.39 is 0 Å². The number of hydrogen-bond acceptors (Lipinski definition) is 7. The van der Waals surface area contributed by atoms with Crippen molar-refractivity contribution in [2.45, 2.75) is 13.3 Å². The van der Waals surface area contributed by atoms with Gasteiger partial charge in [0.1, 0.15) is 4.83 Å². The van der Waals surface area contributed by atoms with E-state index in [-0.39, 0.29) is 0 Å². The maximum atomic E-state index is 4.96. The Bertz CT molecular complexity index is 1130. The molecule has 2 N–H and O–H groups in total. The molecule has 1 aromatic carbocycles. The van der Waals surface area contributed by atoms with Gasteiger partial charge in [0.2, 0.25) is 5.95 Å². The molecule has 0 spiro atoms. The highest BCUT2D eigenvalue weighted by atomic mass is 32.1. The van der Waals surface area contributed by atoms with Crippen molar-refractivity contribution in [1.29, 1.82) is 0 Å². The van der Waals surface area contributed by atoms with Gasteiger partial charge in [-0.2, -0.15) is 4.98 Å². The van der Waals surface area contributed by atoms with Gasteiger partial charge in [-0.3, -0.25) is 0 Å². The predicted molar refractivity (Wildman–Crippen MR) is 122 cm³/mol. The molecular weight excluding hydrogens is 380 g/mol.